The first-order valence-corrected chi connectivity index (χ1v) is 12.9. The molecule has 1 aromatic heterocycles. The van der Waals surface area contributed by atoms with Crippen LogP contribution < -0.4 is 0 Å². The maximum absolute atomic E-state index is 13.4. The van der Waals surface area contributed by atoms with Gasteiger partial charge in [-0.05, 0) is 62.2 Å². The second-order valence-electron chi connectivity index (χ2n) is 10.3. The number of carboxylic acids is 1. The molecule has 204 valence electrons. The number of aryl methyl sites for hydroxylation is 2. The van der Waals surface area contributed by atoms with Crippen LogP contribution in [0.4, 0.5) is 13.2 Å². The van der Waals surface area contributed by atoms with Gasteiger partial charge in [-0.2, -0.15) is 13.2 Å². The predicted octanol–water partition coefficient (Wildman–Crippen LogP) is 6.85. The number of alkyl halides is 3. The summed E-state index contributed by atoms with van der Waals surface area (Å²) in [5.41, 5.74) is 2.25. The molecule has 2 heterocycles. The van der Waals surface area contributed by atoms with Gasteiger partial charge in [-0.25, -0.2) is 0 Å². The first-order chi connectivity index (χ1) is 17.6. The van der Waals surface area contributed by atoms with Crippen LogP contribution in [0.2, 0.25) is 10.0 Å². The molecular formula is C28H30Cl2F3N3O2. The molecule has 1 aliphatic heterocycles. The molecule has 10 heteroatoms. The number of hydrogen-bond acceptors (Lipinski definition) is 3. The first kappa shape index (κ1) is 28.3. The molecule has 0 spiro atoms. The van der Waals surface area contributed by atoms with E-state index in [1.165, 1.54) is 6.07 Å². The maximum Gasteiger partial charge on any atom is 0.416 e. The smallest absolute Gasteiger partial charge is 0.416 e. The van der Waals surface area contributed by atoms with Crippen LogP contribution in [0.15, 0.2) is 36.9 Å². The molecule has 1 saturated heterocycles. The van der Waals surface area contributed by atoms with E-state index >= 15 is 0 Å². The highest BCUT2D eigenvalue weighted by Crippen LogP contribution is 2.38. The lowest BCUT2D eigenvalue weighted by Gasteiger charge is -2.43. The lowest BCUT2D eigenvalue weighted by atomic mass is 10.0. The van der Waals surface area contributed by atoms with E-state index in [-0.39, 0.29) is 0 Å². The number of piperazine rings is 1. The molecule has 0 amide bonds. The minimum atomic E-state index is -4.43. The topological polar surface area (TPSA) is 48.7 Å². The number of halogens is 5. The van der Waals surface area contributed by atoms with Gasteiger partial charge >= 0.3 is 12.1 Å². The standard InChI is InChI=1S/C28H30Cl2F3N3O2/c1-16-12-18(28(31,32)33)13-24-21(16)14-19(34(24)5)15-22-23(29)7-6-20(25(22)30)17(2)35-8-10-36(11-9-35)27(3,4)26(37)38/h6-7,12-14H,2,8-11,15H2,1,3-5H3,(H,37,38). The Bertz CT molecular complexity index is 1420. The van der Waals surface area contributed by atoms with Crippen molar-refractivity contribution in [2.24, 2.45) is 7.05 Å². The number of benzene rings is 2. The predicted molar refractivity (Wildman–Crippen MR) is 146 cm³/mol. The Morgan fingerprint density at radius 3 is 2.29 bits per heavy atom. The molecule has 0 bridgehead atoms. The van der Waals surface area contributed by atoms with Gasteiger partial charge in [0.25, 0.3) is 0 Å². The molecule has 0 radical (unpaired) electrons. The molecule has 1 N–H and O–H groups in total. The number of aliphatic carboxylic acids is 1. The number of nitrogens with zero attached hydrogens (tertiary/aromatic N) is 3. The van der Waals surface area contributed by atoms with Crippen LogP contribution in [0, 0.1) is 6.92 Å². The normalized spacial score (nSPS) is 15.3. The molecule has 0 atom stereocenters. The van der Waals surface area contributed by atoms with Gasteiger partial charge in [-0.15, -0.1) is 0 Å². The summed E-state index contributed by atoms with van der Waals surface area (Å²) in [6, 6.07) is 7.77. The summed E-state index contributed by atoms with van der Waals surface area (Å²) in [6.07, 6.45) is -4.11. The summed E-state index contributed by atoms with van der Waals surface area (Å²) < 4.78 is 41.9. The zero-order chi connectivity index (χ0) is 28.2. The Balaban J connectivity index is 1.61. The van der Waals surface area contributed by atoms with E-state index in [9.17, 15) is 23.1 Å². The number of rotatable bonds is 6. The highest BCUT2D eigenvalue weighted by molar-refractivity contribution is 6.37. The Morgan fingerprint density at radius 1 is 1.08 bits per heavy atom. The SMILES string of the molecule is C=C(c1ccc(Cl)c(Cc2cc3c(C)cc(C(F)(F)F)cc3n2C)c1Cl)N1CCN(C(C)(C)C(=O)O)CC1. The summed E-state index contributed by atoms with van der Waals surface area (Å²) in [4.78, 5) is 15.6. The minimum absolute atomic E-state index is 0.325. The minimum Gasteiger partial charge on any atom is -0.480 e. The van der Waals surface area contributed by atoms with Crippen molar-refractivity contribution in [2.75, 3.05) is 26.2 Å². The molecule has 0 saturated carbocycles. The van der Waals surface area contributed by atoms with Gasteiger partial charge in [-0.1, -0.05) is 29.8 Å². The summed E-state index contributed by atoms with van der Waals surface area (Å²) in [6.45, 7) is 11.6. The van der Waals surface area contributed by atoms with Gasteiger partial charge < -0.3 is 14.6 Å². The van der Waals surface area contributed by atoms with Gasteiger partial charge in [0.15, 0.2) is 0 Å². The number of fused-ring (bicyclic) bond motifs is 1. The Hall–Kier alpha value is -2.68. The molecule has 5 nitrogen and oxygen atoms in total. The highest BCUT2D eigenvalue weighted by Gasteiger charge is 2.37. The molecule has 2 aromatic carbocycles. The van der Waals surface area contributed by atoms with Crippen LogP contribution in [0.3, 0.4) is 0 Å². The van der Waals surface area contributed by atoms with E-state index in [1.807, 2.05) is 17.0 Å². The van der Waals surface area contributed by atoms with Crippen LogP contribution in [-0.2, 0) is 24.4 Å². The van der Waals surface area contributed by atoms with Crippen LogP contribution in [0.25, 0.3) is 16.6 Å². The molecule has 3 aromatic rings. The second-order valence-corrected chi connectivity index (χ2v) is 11.1. The van der Waals surface area contributed by atoms with E-state index in [1.54, 1.807) is 38.5 Å². The molecule has 38 heavy (non-hydrogen) atoms. The zero-order valence-corrected chi connectivity index (χ0v) is 23.2. The summed E-state index contributed by atoms with van der Waals surface area (Å²) in [5.74, 6) is -0.867. The monoisotopic (exact) mass is 567 g/mol. The number of carboxylic acid groups (broad SMARTS) is 1. The zero-order valence-electron chi connectivity index (χ0n) is 21.7. The maximum atomic E-state index is 13.4. The van der Waals surface area contributed by atoms with Crippen molar-refractivity contribution < 1.29 is 23.1 Å². The summed E-state index contributed by atoms with van der Waals surface area (Å²) in [7, 11) is 1.74. The van der Waals surface area contributed by atoms with E-state index in [0.717, 1.165) is 17.1 Å². The third kappa shape index (κ3) is 5.14. The summed E-state index contributed by atoms with van der Waals surface area (Å²) >= 11 is 13.4. The average molecular weight is 568 g/mol. The van der Waals surface area contributed by atoms with Gasteiger partial charge in [0, 0.05) is 72.5 Å². The molecule has 0 unspecified atom stereocenters. The van der Waals surface area contributed by atoms with Crippen molar-refractivity contribution in [1.29, 1.82) is 0 Å². The fraction of sp³-hybridized carbons (Fsp3) is 0.393. The van der Waals surface area contributed by atoms with Gasteiger partial charge in [0.1, 0.15) is 5.54 Å². The number of aromatic nitrogens is 1. The highest BCUT2D eigenvalue weighted by atomic mass is 35.5. The fourth-order valence-corrected chi connectivity index (χ4v) is 5.61. The van der Waals surface area contributed by atoms with Crippen LogP contribution >= 0.6 is 23.2 Å². The Kier molecular flexibility index (Phi) is 7.55. The van der Waals surface area contributed by atoms with Crippen LogP contribution in [-0.4, -0.2) is 57.2 Å². The third-order valence-corrected chi connectivity index (χ3v) is 8.41. The van der Waals surface area contributed by atoms with Gasteiger partial charge in [0.2, 0.25) is 0 Å². The van der Waals surface area contributed by atoms with Crippen LogP contribution in [0.1, 0.15) is 41.8 Å². The van der Waals surface area contributed by atoms with Crippen molar-refractivity contribution in [3.05, 3.63) is 74.9 Å². The van der Waals surface area contributed by atoms with Crippen molar-refractivity contribution in [3.8, 4) is 0 Å². The molecule has 1 aliphatic rings. The summed E-state index contributed by atoms with van der Waals surface area (Å²) in [5, 5.41) is 11.2. The first-order valence-electron chi connectivity index (χ1n) is 12.2. The van der Waals surface area contributed by atoms with Crippen LogP contribution in [0.5, 0.6) is 0 Å². The number of hydrogen-bond donors (Lipinski definition) is 1. The molecule has 4 rings (SSSR count). The largest absolute Gasteiger partial charge is 0.480 e. The van der Waals surface area contributed by atoms with Crippen molar-refractivity contribution >= 4 is 45.8 Å². The lowest BCUT2D eigenvalue weighted by Crippen LogP contribution is -2.57. The van der Waals surface area contributed by atoms with Crippen molar-refractivity contribution in [2.45, 2.75) is 38.9 Å². The van der Waals surface area contributed by atoms with E-state index < -0.39 is 23.2 Å². The third-order valence-electron chi connectivity index (χ3n) is 7.63. The van der Waals surface area contributed by atoms with E-state index in [2.05, 4.69) is 11.5 Å². The second kappa shape index (κ2) is 10.1. The van der Waals surface area contributed by atoms with E-state index in [4.69, 9.17) is 23.2 Å². The molecule has 1 fully saturated rings. The van der Waals surface area contributed by atoms with Crippen molar-refractivity contribution in [1.82, 2.24) is 14.4 Å². The molecular weight excluding hydrogens is 538 g/mol. The van der Waals surface area contributed by atoms with Gasteiger partial charge in [-0.3, -0.25) is 9.69 Å². The van der Waals surface area contributed by atoms with E-state index in [0.29, 0.717) is 70.5 Å². The van der Waals surface area contributed by atoms with Gasteiger partial charge in [0.05, 0.1) is 10.6 Å². The Labute approximate surface area is 230 Å². The fourth-order valence-electron chi connectivity index (χ4n) is 5.00. The lowest BCUT2D eigenvalue weighted by molar-refractivity contribution is -0.150. The Morgan fingerprint density at radius 2 is 1.71 bits per heavy atom. The average Bonchev–Trinajstić information content (AvgIpc) is 3.16. The number of carbonyl (C=O) groups is 1. The quantitative estimate of drug-likeness (QED) is 0.353. The molecule has 0 aliphatic carbocycles. The van der Waals surface area contributed by atoms with Crippen molar-refractivity contribution in [3.63, 3.8) is 0 Å².